The fourth-order valence-electron chi connectivity index (χ4n) is 2.71. The average molecular weight is 272 g/mol. The van der Waals surface area contributed by atoms with Crippen molar-refractivity contribution < 1.29 is 9.30 Å². The number of hydrogen-bond donors (Lipinski definition) is 0. The van der Waals surface area contributed by atoms with Crippen molar-refractivity contribution in [2.45, 2.75) is 57.9 Å². The van der Waals surface area contributed by atoms with Crippen LogP contribution in [0.4, 0.5) is 0 Å². The first-order chi connectivity index (χ1) is 8.44. The van der Waals surface area contributed by atoms with Gasteiger partial charge in [0.05, 0.1) is 12.7 Å². The first-order valence-corrected chi connectivity index (χ1v) is 8.55. The van der Waals surface area contributed by atoms with Crippen LogP contribution in [0, 0.1) is 11.3 Å². The highest BCUT2D eigenvalue weighted by Crippen LogP contribution is 2.59. The zero-order chi connectivity index (χ0) is 13.8. The summed E-state index contributed by atoms with van der Waals surface area (Å²) in [5, 5.41) is 8.80. The second kappa shape index (κ2) is 6.70. The Morgan fingerprint density at radius 2 is 2.00 bits per heavy atom. The maximum Gasteiger partial charge on any atom is 0.155 e. The second-order valence-corrected chi connectivity index (χ2v) is 9.37. The van der Waals surface area contributed by atoms with Crippen molar-refractivity contribution in [1.29, 1.82) is 5.26 Å². The Morgan fingerprint density at radius 3 is 2.39 bits per heavy atom. The van der Waals surface area contributed by atoms with Crippen molar-refractivity contribution in [3.8, 4) is 6.07 Å². The van der Waals surface area contributed by atoms with Gasteiger partial charge >= 0.3 is 0 Å². The zero-order valence-corrected chi connectivity index (χ0v) is 12.8. The monoisotopic (exact) mass is 272 g/mol. The van der Waals surface area contributed by atoms with Crippen molar-refractivity contribution in [1.82, 2.24) is 4.67 Å². The minimum atomic E-state index is -2.45. The summed E-state index contributed by atoms with van der Waals surface area (Å²) in [6.45, 7) is 10.1. The second-order valence-electron chi connectivity index (χ2n) is 5.45. The molecule has 1 aliphatic rings. The Bertz CT molecular complexity index is 331. The van der Waals surface area contributed by atoms with E-state index >= 15 is 0 Å². The molecule has 0 saturated carbocycles. The molecule has 1 unspecified atom stereocenters. The van der Waals surface area contributed by atoms with Crippen LogP contribution in [0.2, 0.25) is 0 Å². The van der Waals surface area contributed by atoms with Gasteiger partial charge in [0.15, 0.2) is 7.29 Å². The highest BCUT2D eigenvalue weighted by molar-refractivity contribution is 7.62. The maximum absolute atomic E-state index is 13.4. The summed E-state index contributed by atoms with van der Waals surface area (Å²) in [5.74, 6) is 0. The number of hydrogen-bond acceptors (Lipinski definition) is 3. The lowest BCUT2D eigenvalue weighted by molar-refractivity contribution is 0.175. The molecule has 18 heavy (non-hydrogen) atoms. The van der Waals surface area contributed by atoms with Gasteiger partial charge in [-0.3, -0.25) is 0 Å². The van der Waals surface area contributed by atoms with E-state index in [4.69, 9.17) is 10.00 Å². The van der Waals surface area contributed by atoms with E-state index in [1.807, 2.05) is 27.7 Å². The number of nitriles is 1. The van der Waals surface area contributed by atoms with E-state index in [1.165, 1.54) is 0 Å². The maximum atomic E-state index is 13.4. The Hall–Kier alpha value is -0.360. The van der Waals surface area contributed by atoms with Crippen LogP contribution in [0.5, 0.6) is 0 Å². The van der Waals surface area contributed by atoms with Gasteiger partial charge in [-0.25, -0.2) is 4.67 Å². The molecule has 0 N–H and O–H groups in total. The van der Waals surface area contributed by atoms with Crippen molar-refractivity contribution in [3.05, 3.63) is 0 Å². The first kappa shape index (κ1) is 15.7. The van der Waals surface area contributed by atoms with Crippen LogP contribution in [-0.2, 0) is 9.30 Å². The van der Waals surface area contributed by atoms with Crippen LogP contribution in [-0.4, -0.2) is 41.8 Å². The predicted molar refractivity (Wildman–Crippen MR) is 74.0 cm³/mol. The largest absolute Gasteiger partial charge is 0.380 e. The Kier molecular flexibility index (Phi) is 5.85. The Morgan fingerprint density at radius 1 is 1.39 bits per heavy atom. The van der Waals surface area contributed by atoms with E-state index in [9.17, 15) is 4.57 Å². The molecular weight excluding hydrogens is 247 g/mol. The van der Waals surface area contributed by atoms with Crippen molar-refractivity contribution >= 4 is 7.29 Å². The summed E-state index contributed by atoms with van der Waals surface area (Å²) in [5.41, 5.74) is 0.244. The highest BCUT2D eigenvalue weighted by atomic mass is 31.2. The minimum Gasteiger partial charge on any atom is -0.380 e. The summed E-state index contributed by atoms with van der Waals surface area (Å²) in [7, 11) is -2.45. The van der Waals surface area contributed by atoms with Gasteiger partial charge in [-0.05, 0) is 6.42 Å². The summed E-state index contributed by atoms with van der Waals surface area (Å²) in [6.07, 6.45) is 1.36. The SMILES string of the molecule is CC(C)P(=O)(C(C)C)N(CCC#N)C1CCOC1. The number of nitrogens with zero attached hydrogens (tertiary/aromatic N) is 2. The molecule has 1 heterocycles. The molecule has 1 aliphatic heterocycles. The normalized spacial score (nSPS) is 20.9. The zero-order valence-electron chi connectivity index (χ0n) is 11.9. The third-order valence-corrected chi connectivity index (χ3v) is 7.95. The summed E-state index contributed by atoms with van der Waals surface area (Å²) in [6, 6.07) is 2.38. The first-order valence-electron chi connectivity index (χ1n) is 6.75. The van der Waals surface area contributed by atoms with Crippen molar-refractivity contribution in [3.63, 3.8) is 0 Å². The molecule has 0 aromatic heterocycles. The van der Waals surface area contributed by atoms with Gasteiger partial charge in [0.25, 0.3) is 0 Å². The van der Waals surface area contributed by atoms with Crippen LogP contribution in [0.25, 0.3) is 0 Å². The lowest BCUT2D eigenvalue weighted by Crippen LogP contribution is -2.38. The van der Waals surface area contributed by atoms with Crippen LogP contribution in [0.3, 0.4) is 0 Å². The Balaban J connectivity index is 2.98. The van der Waals surface area contributed by atoms with Gasteiger partial charge in [-0.15, -0.1) is 0 Å². The molecular formula is C13H25N2O2P. The standard InChI is InChI=1S/C13H25N2O2P/c1-11(2)18(16,12(3)4)15(8-5-7-14)13-6-9-17-10-13/h11-13H,5-6,8-10H2,1-4H3. The minimum absolute atomic E-state index is 0.122. The highest BCUT2D eigenvalue weighted by Gasteiger charge is 2.41. The van der Waals surface area contributed by atoms with Crippen LogP contribution in [0.15, 0.2) is 0 Å². The molecule has 0 amide bonds. The molecule has 1 rings (SSSR count). The molecule has 5 heteroatoms. The van der Waals surface area contributed by atoms with E-state index < -0.39 is 7.29 Å². The topological polar surface area (TPSA) is 53.3 Å². The van der Waals surface area contributed by atoms with Gasteiger partial charge in [0, 0.05) is 36.9 Å². The molecule has 4 nitrogen and oxygen atoms in total. The predicted octanol–water partition coefficient (Wildman–Crippen LogP) is 3.09. The van der Waals surface area contributed by atoms with E-state index in [2.05, 4.69) is 10.7 Å². The van der Waals surface area contributed by atoms with E-state index in [-0.39, 0.29) is 17.4 Å². The third-order valence-electron chi connectivity index (χ3n) is 3.66. The summed E-state index contributed by atoms with van der Waals surface area (Å²) >= 11 is 0. The molecule has 0 bridgehead atoms. The molecule has 0 aromatic rings. The van der Waals surface area contributed by atoms with Crippen LogP contribution in [0.1, 0.15) is 40.5 Å². The van der Waals surface area contributed by atoms with Gasteiger partial charge in [0.1, 0.15) is 0 Å². The average Bonchev–Trinajstić information content (AvgIpc) is 2.82. The summed E-state index contributed by atoms with van der Waals surface area (Å²) < 4.78 is 20.9. The van der Waals surface area contributed by atoms with Gasteiger partial charge in [0.2, 0.25) is 0 Å². The third kappa shape index (κ3) is 3.15. The van der Waals surface area contributed by atoms with E-state index in [0.29, 0.717) is 19.6 Å². The fourth-order valence-corrected chi connectivity index (χ4v) is 6.19. The fraction of sp³-hybridized carbons (Fsp3) is 0.923. The van der Waals surface area contributed by atoms with Crippen molar-refractivity contribution in [2.75, 3.05) is 19.8 Å². The van der Waals surface area contributed by atoms with Crippen LogP contribution >= 0.6 is 7.29 Å². The molecule has 0 aliphatic carbocycles. The number of rotatable bonds is 6. The lowest BCUT2D eigenvalue weighted by atomic mass is 10.2. The van der Waals surface area contributed by atoms with Gasteiger partial charge in [-0.2, -0.15) is 5.26 Å². The number of ether oxygens (including phenoxy) is 1. The lowest BCUT2D eigenvalue weighted by Gasteiger charge is -2.40. The van der Waals surface area contributed by atoms with Crippen molar-refractivity contribution in [2.24, 2.45) is 0 Å². The Labute approximate surface area is 111 Å². The molecule has 0 radical (unpaired) electrons. The van der Waals surface area contributed by atoms with Crippen LogP contribution < -0.4 is 0 Å². The molecule has 0 aromatic carbocycles. The quantitative estimate of drug-likeness (QED) is 0.697. The molecule has 1 fully saturated rings. The molecule has 1 atom stereocenters. The molecule has 104 valence electrons. The summed E-state index contributed by atoms with van der Waals surface area (Å²) in [4.78, 5) is 0. The van der Waals surface area contributed by atoms with E-state index in [0.717, 1.165) is 13.0 Å². The smallest absolute Gasteiger partial charge is 0.155 e. The van der Waals surface area contributed by atoms with Gasteiger partial charge in [-0.1, -0.05) is 27.7 Å². The molecule has 1 saturated heterocycles. The molecule has 0 spiro atoms. The van der Waals surface area contributed by atoms with E-state index in [1.54, 1.807) is 0 Å². The van der Waals surface area contributed by atoms with Gasteiger partial charge < -0.3 is 9.30 Å².